The smallest absolute Gasteiger partial charge is 0.127 e. The van der Waals surface area contributed by atoms with E-state index in [1.54, 1.807) is 7.11 Å². The second-order valence-corrected chi connectivity index (χ2v) is 3.92. The first-order valence-corrected chi connectivity index (χ1v) is 5.71. The highest BCUT2D eigenvalue weighted by atomic mass is 16.5. The van der Waals surface area contributed by atoms with Crippen molar-refractivity contribution in [2.75, 3.05) is 33.4 Å². The molecule has 0 bridgehead atoms. The Morgan fingerprint density at radius 2 is 2.06 bits per heavy atom. The second kappa shape index (κ2) is 5.67. The quantitative estimate of drug-likeness (QED) is 0.794. The van der Waals surface area contributed by atoms with Crippen LogP contribution in [0.15, 0.2) is 24.3 Å². The van der Waals surface area contributed by atoms with Crippen LogP contribution in [0.1, 0.15) is 11.6 Å². The molecule has 1 atom stereocenters. The van der Waals surface area contributed by atoms with Gasteiger partial charge in [-0.3, -0.25) is 4.90 Å². The number of para-hydroxylation sites is 1. The van der Waals surface area contributed by atoms with Crippen LogP contribution in [-0.4, -0.2) is 38.3 Å². The number of nitrogens with zero attached hydrogens (tertiary/aromatic N) is 2. The zero-order chi connectivity index (χ0) is 12.1. The topological polar surface area (TPSA) is 45.5 Å². The largest absolute Gasteiger partial charge is 0.496 e. The zero-order valence-electron chi connectivity index (χ0n) is 9.93. The van der Waals surface area contributed by atoms with Crippen LogP contribution in [0.3, 0.4) is 0 Å². The highest BCUT2D eigenvalue weighted by Gasteiger charge is 2.24. The molecule has 0 amide bonds. The standard InChI is InChI=1S/C13H16N2O2/c1-16-13-5-3-2-4-11(13)12(10-14)15-6-8-17-9-7-15/h2-5,12H,6-9H2,1H3/t12-/m0/s1. The first-order valence-electron chi connectivity index (χ1n) is 5.71. The molecule has 2 rings (SSSR count). The van der Waals surface area contributed by atoms with E-state index in [0.717, 1.165) is 24.4 Å². The average Bonchev–Trinajstić information content (AvgIpc) is 2.41. The van der Waals surface area contributed by atoms with Gasteiger partial charge in [0.1, 0.15) is 11.8 Å². The van der Waals surface area contributed by atoms with Crippen molar-refractivity contribution in [2.24, 2.45) is 0 Å². The van der Waals surface area contributed by atoms with Crippen LogP contribution in [0.2, 0.25) is 0 Å². The van der Waals surface area contributed by atoms with Crippen molar-refractivity contribution in [2.45, 2.75) is 6.04 Å². The van der Waals surface area contributed by atoms with Gasteiger partial charge < -0.3 is 9.47 Å². The van der Waals surface area contributed by atoms with Crippen LogP contribution in [0, 0.1) is 11.3 Å². The summed E-state index contributed by atoms with van der Waals surface area (Å²) in [5.41, 5.74) is 0.930. The first kappa shape index (κ1) is 11.9. The van der Waals surface area contributed by atoms with Crippen molar-refractivity contribution in [3.63, 3.8) is 0 Å². The van der Waals surface area contributed by atoms with Crippen molar-refractivity contribution >= 4 is 0 Å². The van der Waals surface area contributed by atoms with Crippen molar-refractivity contribution in [1.82, 2.24) is 4.90 Å². The summed E-state index contributed by atoms with van der Waals surface area (Å²) < 4.78 is 10.6. The monoisotopic (exact) mass is 232 g/mol. The molecular formula is C13H16N2O2. The molecular weight excluding hydrogens is 216 g/mol. The Morgan fingerprint density at radius 1 is 1.35 bits per heavy atom. The van der Waals surface area contributed by atoms with E-state index in [2.05, 4.69) is 11.0 Å². The van der Waals surface area contributed by atoms with Gasteiger partial charge in [-0.25, -0.2) is 0 Å². The summed E-state index contributed by atoms with van der Waals surface area (Å²) in [7, 11) is 1.63. The van der Waals surface area contributed by atoms with E-state index in [9.17, 15) is 5.26 Å². The predicted octanol–water partition coefficient (Wildman–Crippen LogP) is 1.59. The van der Waals surface area contributed by atoms with Gasteiger partial charge >= 0.3 is 0 Å². The SMILES string of the molecule is COc1ccccc1[C@H](C#N)N1CCOCC1. The Bertz CT molecular complexity index is 408. The number of morpholine rings is 1. The normalized spacial score (nSPS) is 18.4. The van der Waals surface area contributed by atoms with Crippen molar-refractivity contribution in [1.29, 1.82) is 5.26 Å². The van der Waals surface area contributed by atoms with Crippen LogP contribution in [0.5, 0.6) is 5.75 Å². The van der Waals surface area contributed by atoms with Crippen LogP contribution < -0.4 is 4.74 Å². The Hall–Kier alpha value is -1.57. The lowest BCUT2D eigenvalue weighted by atomic mass is 10.0. The molecule has 1 aromatic carbocycles. The third-order valence-electron chi connectivity index (χ3n) is 2.97. The van der Waals surface area contributed by atoms with Gasteiger partial charge in [0, 0.05) is 18.7 Å². The molecule has 90 valence electrons. The van der Waals surface area contributed by atoms with E-state index < -0.39 is 0 Å². The second-order valence-electron chi connectivity index (χ2n) is 3.92. The fraction of sp³-hybridized carbons (Fsp3) is 0.462. The molecule has 0 radical (unpaired) electrons. The molecule has 1 aliphatic rings. The maximum atomic E-state index is 9.36. The molecule has 1 saturated heterocycles. The molecule has 1 fully saturated rings. The summed E-state index contributed by atoms with van der Waals surface area (Å²) in [6, 6.07) is 9.78. The van der Waals surface area contributed by atoms with E-state index in [4.69, 9.17) is 9.47 Å². The average molecular weight is 232 g/mol. The summed E-state index contributed by atoms with van der Waals surface area (Å²) in [5.74, 6) is 0.769. The number of methoxy groups -OCH3 is 1. The summed E-state index contributed by atoms with van der Waals surface area (Å²) in [4.78, 5) is 2.13. The van der Waals surface area contributed by atoms with E-state index in [1.165, 1.54) is 0 Å². The molecule has 0 spiro atoms. The van der Waals surface area contributed by atoms with E-state index in [-0.39, 0.29) is 6.04 Å². The van der Waals surface area contributed by atoms with Gasteiger partial charge in [0.25, 0.3) is 0 Å². The first-order chi connectivity index (χ1) is 8.36. The summed E-state index contributed by atoms with van der Waals surface area (Å²) in [6.07, 6.45) is 0. The number of hydrogen-bond acceptors (Lipinski definition) is 4. The minimum absolute atomic E-state index is 0.255. The number of nitriles is 1. The fourth-order valence-electron chi connectivity index (χ4n) is 2.08. The Balaban J connectivity index is 2.25. The molecule has 1 aliphatic heterocycles. The molecule has 0 aliphatic carbocycles. The maximum absolute atomic E-state index is 9.36. The van der Waals surface area contributed by atoms with Crippen LogP contribution in [0.25, 0.3) is 0 Å². The summed E-state index contributed by atoms with van der Waals surface area (Å²) >= 11 is 0. The molecule has 0 aromatic heterocycles. The lowest BCUT2D eigenvalue weighted by Gasteiger charge is -2.31. The third kappa shape index (κ3) is 2.57. The zero-order valence-corrected chi connectivity index (χ0v) is 9.93. The predicted molar refractivity (Wildman–Crippen MR) is 63.7 cm³/mol. The van der Waals surface area contributed by atoms with Crippen molar-refractivity contribution in [3.8, 4) is 11.8 Å². The number of hydrogen-bond donors (Lipinski definition) is 0. The molecule has 0 saturated carbocycles. The van der Waals surface area contributed by atoms with Gasteiger partial charge in [-0.15, -0.1) is 0 Å². The Morgan fingerprint density at radius 3 is 2.71 bits per heavy atom. The van der Waals surface area contributed by atoms with Crippen LogP contribution >= 0.6 is 0 Å². The lowest BCUT2D eigenvalue weighted by molar-refractivity contribution is 0.0263. The minimum Gasteiger partial charge on any atom is -0.496 e. The van der Waals surface area contributed by atoms with Gasteiger partial charge in [-0.1, -0.05) is 18.2 Å². The van der Waals surface area contributed by atoms with Crippen LogP contribution in [-0.2, 0) is 4.74 Å². The van der Waals surface area contributed by atoms with Crippen molar-refractivity contribution in [3.05, 3.63) is 29.8 Å². The maximum Gasteiger partial charge on any atom is 0.127 e. The number of ether oxygens (including phenoxy) is 2. The van der Waals surface area contributed by atoms with Gasteiger partial charge in [-0.05, 0) is 6.07 Å². The third-order valence-corrected chi connectivity index (χ3v) is 2.97. The molecule has 1 aromatic rings. The Labute approximate surface area is 101 Å². The Kier molecular flexibility index (Phi) is 3.97. The lowest BCUT2D eigenvalue weighted by Crippen LogP contribution is -2.38. The fourth-order valence-corrected chi connectivity index (χ4v) is 2.08. The molecule has 1 heterocycles. The van der Waals surface area contributed by atoms with Gasteiger partial charge in [0.05, 0.1) is 26.4 Å². The van der Waals surface area contributed by atoms with Crippen LogP contribution in [0.4, 0.5) is 0 Å². The van der Waals surface area contributed by atoms with E-state index >= 15 is 0 Å². The molecule has 0 unspecified atom stereocenters. The molecule has 17 heavy (non-hydrogen) atoms. The highest BCUT2D eigenvalue weighted by Crippen LogP contribution is 2.29. The van der Waals surface area contributed by atoms with Gasteiger partial charge in [0.2, 0.25) is 0 Å². The molecule has 4 nitrogen and oxygen atoms in total. The summed E-state index contributed by atoms with van der Waals surface area (Å²) in [6.45, 7) is 2.95. The number of benzene rings is 1. The minimum atomic E-state index is -0.255. The van der Waals surface area contributed by atoms with E-state index in [0.29, 0.717) is 13.2 Å². The van der Waals surface area contributed by atoms with Crippen molar-refractivity contribution < 1.29 is 9.47 Å². The molecule has 4 heteroatoms. The van der Waals surface area contributed by atoms with Gasteiger partial charge in [-0.2, -0.15) is 5.26 Å². The highest BCUT2D eigenvalue weighted by molar-refractivity contribution is 5.38. The number of rotatable bonds is 3. The molecule has 0 N–H and O–H groups in total. The summed E-state index contributed by atoms with van der Waals surface area (Å²) in [5, 5.41) is 9.36. The van der Waals surface area contributed by atoms with E-state index in [1.807, 2.05) is 24.3 Å². The van der Waals surface area contributed by atoms with Gasteiger partial charge in [0.15, 0.2) is 0 Å².